The van der Waals surface area contributed by atoms with Crippen LogP contribution in [0.1, 0.15) is 34.6 Å². The summed E-state index contributed by atoms with van der Waals surface area (Å²) in [5.41, 5.74) is 0. The quantitative estimate of drug-likeness (QED) is 0.781. The molecule has 1 saturated heterocycles. The van der Waals surface area contributed by atoms with Crippen molar-refractivity contribution in [3.8, 4) is 0 Å². The van der Waals surface area contributed by atoms with E-state index in [0.29, 0.717) is 6.54 Å². The third kappa shape index (κ3) is 2.20. The third-order valence-electron chi connectivity index (χ3n) is 3.09. The molecule has 1 aliphatic heterocycles. The van der Waals surface area contributed by atoms with Crippen LogP contribution in [0.4, 0.5) is 0 Å². The lowest BCUT2D eigenvalue weighted by atomic mass is 9.93. The number of hydrogen-bond donors (Lipinski definition) is 1. The first-order valence-corrected chi connectivity index (χ1v) is 6.01. The summed E-state index contributed by atoms with van der Waals surface area (Å²) in [6.45, 7) is 10.4. The SMILES string of the molecule is CCN1C(=O)C(C(C)C)NC(=O)C1C(C)C. The molecule has 0 aromatic carbocycles. The van der Waals surface area contributed by atoms with E-state index in [1.807, 2.05) is 34.6 Å². The smallest absolute Gasteiger partial charge is 0.246 e. The molecule has 2 amide bonds. The van der Waals surface area contributed by atoms with Crippen LogP contribution in [0.5, 0.6) is 0 Å². The predicted molar refractivity (Wildman–Crippen MR) is 62.8 cm³/mol. The molecule has 4 heteroatoms. The lowest BCUT2D eigenvalue weighted by Gasteiger charge is -2.41. The van der Waals surface area contributed by atoms with Gasteiger partial charge in [-0.1, -0.05) is 27.7 Å². The van der Waals surface area contributed by atoms with Crippen molar-refractivity contribution in [2.45, 2.75) is 46.7 Å². The highest BCUT2D eigenvalue weighted by Gasteiger charge is 2.41. The normalized spacial score (nSPS) is 26.6. The number of carbonyl (C=O) groups is 2. The van der Waals surface area contributed by atoms with Gasteiger partial charge in [0.2, 0.25) is 11.8 Å². The van der Waals surface area contributed by atoms with Crippen molar-refractivity contribution in [2.75, 3.05) is 6.54 Å². The molecule has 1 rings (SSSR count). The summed E-state index contributed by atoms with van der Waals surface area (Å²) >= 11 is 0. The van der Waals surface area contributed by atoms with E-state index in [4.69, 9.17) is 0 Å². The maximum atomic E-state index is 12.2. The van der Waals surface area contributed by atoms with Gasteiger partial charge in [-0.25, -0.2) is 0 Å². The summed E-state index contributed by atoms with van der Waals surface area (Å²) in [5, 5.41) is 2.83. The minimum Gasteiger partial charge on any atom is -0.342 e. The molecule has 16 heavy (non-hydrogen) atoms. The van der Waals surface area contributed by atoms with E-state index in [-0.39, 0.29) is 35.7 Å². The van der Waals surface area contributed by atoms with Crippen molar-refractivity contribution < 1.29 is 9.59 Å². The molecule has 0 aromatic heterocycles. The Hall–Kier alpha value is -1.06. The zero-order chi connectivity index (χ0) is 12.5. The molecule has 0 radical (unpaired) electrons. The summed E-state index contributed by atoms with van der Waals surface area (Å²) in [7, 11) is 0. The van der Waals surface area contributed by atoms with Gasteiger partial charge < -0.3 is 10.2 Å². The molecular formula is C12H22N2O2. The first-order chi connectivity index (χ1) is 7.40. The highest BCUT2D eigenvalue weighted by molar-refractivity contribution is 5.97. The van der Waals surface area contributed by atoms with Crippen LogP contribution in [0.25, 0.3) is 0 Å². The summed E-state index contributed by atoms with van der Waals surface area (Å²) < 4.78 is 0. The van der Waals surface area contributed by atoms with E-state index < -0.39 is 0 Å². The van der Waals surface area contributed by atoms with E-state index in [1.165, 1.54) is 0 Å². The maximum Gasteiger partial charge on any atom is 0.246 e. The summed E-state index contributed by atoms with van der Waals surface area (Å²) in [4.78, 5) is 25.8. The van der Waals surface area contributed by atoms with Gasteiger partial charge in [0.25, 0.3) is 0 Å². The number of likely N-dealkylation sites (N-methyl/N-ethyl adjacent to an activating group) is 1. The molecule has 1 heterocycles. The number of rotatable bonds is 3. The van der Waals surface area contributed by atoms with Gasteiger partial charge in [0, 0.05) is 6.54 Å². The van der Waals surface area contributed by atoms with Crippen LogP contribution in [0.2, 0.25) is 0 Å². The van der Waals surface area contributed by atoms with Crippen LogP contribution in [-0.4, -0.2) is 35.3 Å². The van der Waals surface area contributed by atoms with Crippen LogP contribution < -0.4 is 5.32 Å². The van der Waals surface area contributed by atoms with Gasteiger partial charge in [0.1, 0.15) is 12.1 Å². The lowest BCUT2D eigenvalue weighted by Crippen LogP contribution is -2.65. The van der Waals surface area contributed by atoms with Crippen LogP contribution >= 0.6 is 0 Å². The molecule has 2 atom stereocenters. The highest BCUT2D eigenvalue weighted by Crippen LogP contribution is 2.20. The Labute approximate surface area is 97.4 Å². The Morgan fingerprint density at radius 1 is 1.19 bits per heavy atom. The van der Waals surface area contributed by atoms with Crippen molar-refractivity contribution in [1.82, 2.24) is 10.2 Å². The number of hydrogen-bond acceptors (Lipinski definition) is 2. The van der Waals surface area contributed by atoms with Crippen molar-refractivity contribution in [3.05, 3.63) is 0 Å². The molecule has 1 N–H and O–H groups in total. The molecular weight excluding hydrogens is 204 g/mol. The Kier molecular flexibility index (Phi) is 3.94. The minimum atomic E-state index is -0.359. The molecule has 4 nitrogen and oxygen atoms in total. The number of carbonyl (C=O) groups excluding carboxylic acids is 2. The molecule has 92 valence electrons. The minimum absolute atomic E-state index is 0.0184. The Morgan fingerprint density at radius 3 is 2.12 bits per heavy atom. The largest absolute Gasteiger partial charge is 0.342 e. The molecule has 0 spiro atoms. The molecule has 0 saturated carbocycles. The summed E-state index contributed by atoms with van der Waals surface area (Å²) in [6.07, 6.45) is 0. The third-order valence-corrected chi connectivity index (χ3v) is 3.09. The van der Waals surface area contributed by atoms with Crippen molar-refractivity contribution in [3.63, 3.8) is 0 Å². The number of amides is 2. The molecule has 1 fully saturated rings. The zero-order valence-corrected chi connectivity index (χ0v) is 10.8. The Balaban J connectivity index is 2.96. The average molecular weight is 226 g/mol. The predicted octanol–water partition coefficient (Wildman–Crippen LogP) is 1.01. The van der Waals surface area contributed by atoms with Gasteiger partial charge in [-0.05, 0) is 18.8 Å². The van der Waals surface area contributed by atoms with Crippen LogP contribution in [0.15, 0.2) is 0 Å². The number of nitrogens with one attached hydrogen (secondary N) is 1. The molecule has 0 aliphatic carbocycles. The topological polar surface area (TPSA) is 49.4 Å². The number of nitrogens with zero attached hydrogens (tertiary/aromatic N) is 1. The first-order valence-electron chi connectivity index (χ1n) is 6.01. The van der Waals surface area contributed by atoms with Gasteiger partial charge in [0.15, 0.2) is 0 Å². The van der Waals surface area contributed by atoms with Crippen LogP contribution in [0, 0.1) is 11.8 Å². The fourth-order valence-electron chi connectivity index (χ4n) is 2.22. The van der Waals surface area contributed by atoms with E-state index >= 15 is 0 Å². The van der Waals surface area contributed by atoms with Crippen molar-refractivity contribution in [1.29, 1.82) is 0 Å². The van der Waals surface area contributed by atoms with Crippen molar-refractivity contribution >= 4 is 11.8 Å². The summed E-state index contributed by atoms with van der Waals surface area (Å²) in [5.74, 6) is 0.321. The van der Waals surface area contributed by atoms with Gasteiger partial charge in [-0.3, -0.25) is 9.59 Å². The average Bonchev–Trinajstić information content (AvgIpc) is 2.19. The van der Waals surface area contributed by atoms with Gasteiger partial charge in [0.05, 0.1) is 0 Å². The van der Waals surface area contributed by atoms with Gasteiger partial charge >= 0.3 is 0 Å². The molecule has 0 aromatic rings. The maximum absolute atomic E-state index is 12.2. The second-order valence-electron chi connectivity index (χ2n) is 5.04. The van der Waals surface area contributed by atoms with Gasteiger partial charge in [-0.15, -0.1) is 0 Å². The monoisotopic (exact) mass is 226 g/mol. The fraction of sp³-hybridized carbons (Fsp3) is 0.833. The highest BCUT2D eigenvalue weighted by atomic mass is 16.2. The molecule has 0 bridgehead atoms. The van der Waals surface area contributed by atoms with Crippen LogP contribution in [-0.2, 0) is 9.59 Å². The summed E-state index contributed by atoms with van der Waals surface area (Å²) in [6, 6.07) is -0.671. The first kappa shape index (κ1) is 13.0. The lowest BCUT2D eigenvalue weighted by molar-refractivity contribution is -0.152. The standard InChI is InChI=1S/C12H22N2O2/c1-6-14-10(8(4)5)11(15)13-9(7(2)3)12(14)16/h7-10H,6H2,1-5H3,(H,13,15). The molecule has 1 aliphatic rings. The van der Waals surface area contributed by atoms with Gasteiger partial charge in [-0.2, -0.15) is 0 Å². The Bertz CT molecular complexity index is 287. The fourth-order valence-corrected chi connectivity index (χ4v) is 2.22. The Morgan fingerprint density at radius 2 is 1.75 bits per heavy atom. The van der Waals surface area contributed by atoms with Crippen LogP contribution in [0.3, 0.4) is 0 Å². The van der Waals surface area contributed by atoms with E-state index in [0.717, 1.165) is 0 Å². The molecule has 2 unspecified atom stereocenters. The second-order valence-corrected chi connectivity index (χ2v) is 5.04. The van der Waals surface area contributed by atoms with Crippen molar-refractivity contribution in [2.24, 2.45) is 11.8 Å². The van der Waals surface area contributed by atoms with E-state index in [1.54, 1.807) is 4.90 Å². The number of piperazine rings is 1. The second kappa shape index (κ2) is 4.85. The zero-order valence-electron chi connectivity index (χ0n) is 10.8. The van der Waals surface area contributed by atoms with E-state index in [2.05, 4.69) is 5.32 Å². The van der Waals surface area contributed by atoms with E-state index in [9.17, 15) is 9.59 Å².